The van der Waals surface area contributed by atoms with Crippen LogP contribution in [0.15, 0.2) is 52.4 Å². The molecule has 1 atom stereocenters. The lowest BCUT2D eigenvalue weighted by Crippen LogP contribution is -2.29. The predicted molar refractivity (Wildman–Crippen MR) is 128 cm³/mol. The molecule has 1 amide bonds. The van der Waals surface area contributed by atoms with Crippen LogP contribution in [0.2, 0.25) is 0 Å². The fourth-order valence-corrected chi connectivity index (χ4v) is 4.70. The fourth-order valence-electron chi connectivity index (χ4n) is 3.73. The number of aromatic nitrogens is 2. The third-order valence-corrected chi connectivity index (χ3v) is 6.59. The first-order valence-electron chi connectivity index (χ1n) is 11.2. The maximum Gasteiger partial charge on any atom is 0.262 e. The van der Waals surface area contributed by atoms with Gasteiger partial charge in [-0.05, 0) is 54.7 Å². The molecule has 1 aliphatic heterocycles. The number of nitrogens with one attached hydrogen (secondary N) is 1. The van der Waals surface area contributed by atoms with E-state index in [9.17, 15) is 14.0 Å². The fraction of sp³-hybridized carbons (Fsp3) is 0.400. The summed E-state index contributed by atoms with van der Waals surface area (Å²) in [7, 11) is 0. The summed E-state index contributed by atoms with van der Waals surface area (Å²) in [5, 5.41) is 3.93. The van der Waals surface area contributed by atoms with E-state index in [-0.39, 0.29) is 23.4 Å². The number of benzene rings is 2. The van der Waals surface area contributed by atoms with Crippen molar-refractivity contribution in [3.05, 3.63) is 69.8 Å². The van der Waals surface area contributed by atoms with Crippen LogP contribution in [-0.2, 0) is 17.0 Å². The van der Waals surface area contributed by atoms with Crippen molar-refractivity contribution in [1.29, 1.82) is 0 Å². The Morgan fingerprint density at radius 2 is 2.06 bits per heavy atom. The van der Waals surface area contributed by atoms with E-state index in [1.807, 2.05) is 13.8 Å². The van der Waals surface area contributed by atoms with Gasteiger partial charge in [-0.1, -0.05) is 37.7 Å². The standard InChI is InChI=1S/C25H28FN3O3S/c1-16(2)13-27-23(30)18-7-10-21-22(12-18)28-25(33-15-17-5-8-19(26)9-6-17)29(24(21)31)14-20-4-3-11-32-20/h5-10,12,16,20H,3-4,11,13-15H2,1-2H3,(H,27,30)/t20-/m0/s1. The lowest BCUT2D eigenvalue weighted by Gasteiger charge is -2.17. The van der Waals surface area contributed by atoms with E-state index in [0.29, 0.717) is 53.0 Å². The van der Waals surface area contributed by atoms with Gasteiger partial charge in [0, 0.05) is 24.5 Å². The zero-order chi connectivity index (χ0) is 23.4. The number of hydrogen-bond acceptors (Lipinski definition) is 5. The molecule has 0 saturated carbocycles. The largest absolute Gasteiger partial charge is 0.376 e. The van der Waals surface area contributed by atoms with Crippen molar-refractivity contribution in [2.24, 2.45) is 5.92 Å². The van der Waals surface area contributed by atoms with Crippen LogP contribution in [0.4, 0.5) is 4.39 Å². The van der Waals surface area contributed by atoms with Crippen LogP contribution in [0.1, 0.15) is 42.6 Å². The van der Waals surface area contributed by atoms with Crippen molar-refractivity contribution in [2.45, 2.75) is 50.2 Å². The van der Waals surface area contributed by atoms with E-state index in [2.05, 4.69) is 5.32 Å². The highest BCUT2D eigenvalue weighted by molar-refractivity contribution is 7.98. The number of ether oxygens (including phenoxy) is 1. The van der Waals surface area contributed by atoms with Gasteiger partial charge in [0.05, 0.1) is 23.6 Å². The van der Waals surface area contributed by atoms with Crippen LogP contribution in [0.5, 0.6) is 0 Å². The Morgan fingerprint density at radius 3 is 2.76 bits per heavy atom. The summed E-state index contributed by atoms with van der Waals surface area (Å²) >= 11 is 1.42. The third kappa shape index (κ3) is 5.81. The summed E-state index contributed by atoms with van der Waals surface area (Å²) in [6, 6.07) is 11.3. The smallest absolute Gasteiger partial charge is 0.262 e. The van der Waals surface area contributed by atoms with E-state index in [1.54, 1.807) is 34.9 Å². The molecular formula is C25H28FN3O3S. The molecule has 1 saturated heterocycles. The number of thioether (sulfide) groups is 1. The second-order valence-corrected chi connectivity index (χ2v) is 9.64. The molecular weight excluding hydrogens is 441 g/mol. The number of rotatable bonds is 8. The van der Waals surface area contributed by atoms with Crippen molar-refractivity contribution < 1.29 is 13.9 Å². The molecule has 0 radical (unpaired) electrons. The second-order valence-electron chi connectivity index (χ2n) is 8.70. The Hall–Kier alpha value is -2.71. The summed E-state index contributed by atoms with van der Waals surface area (Å²) < 4.78 is 20.7. The summed E-state index contributed by atoms with van der Waals surface area (Å²) in [6.45, 7) is 5.77. The van der Waals surface area contributed by atoms with Gasteiger partial charge in [-0.15, -0.1) is 0 Å². The predicted octanol–water partition coefficient (Wildman–Crippen LogP) is 4.39. The Labute approximate surface area is 196 Å². The van der Waals surface area contributed by atoms with Gasteiger partial charge < -0.3 is 10.1 Å². The van der Waals surface area contributed by atoms with Gasteiger partial charge in [-0.25, -0.2) is 9.37 Å². The Balaban J connectivity index is 1.67. The van der Waals surface area contributed by atoms with Crippen LogP contribution >= 0.6 is 11.8 Å². The quantitative estimate of drug-likeness (QED) is 0.391. The summed E-state index contributed by atoms with van der Waals surface area (Å²) in [5.74, 6) is 0.410. The molecule has 174 valence electrons. The van der Waals surface area contributed by atoms with Gasteiger partial charge >= 0.3 is 0 Å². The van der Waals surface area contributed by atoms with Gasteiger partial charge in [0.25, 0.3) is 11.5 Å². The zero-order valence-corrected chi connectivity index (χ0v) is 19.7. The lowest BCUT2D eigenvalue weighted by atomic mass is 10.1. The highest BCUT2D eigenvalue weighted by Crippen LogP contribution is 2.24. The highest BCUT2D eigenvalue weighted by atomic mass is 32.2. The molecule has 6 nitrogen and oxygen atoms in total. The molecule has 0 spiro atoms. The topological polar surface area (TPSA) is 73.2 Å². The first-order chi connectivity index (χ1) is 15.9. The molecule has 1 N–H and O–H groups in total. The molecule has 33 heavy (non-hydrogen) atoms. The highest BCUT2D eigenvalue weighted by Gasteiger charge is 2.21. The lowest BCUT2D eigenvalue weighted by molar-refractivity contribution is 0.0937. The molecule has 1 fully saturated rings. The first kappa shape index (κ1) is 23.4. The number of hydrogen-bond donors (Lipinski definition) is 1. The van der Waals surface area contributed by atoms with Crippen molar-refractivity contribution in [3.63, 3.8) is 0 Å². The Bertz CT molecular complexity index is 1190. The molecule has 0 aliphatic carbocycles. The number of carbonyl (C=O) groups excluding carboxylic acids is 1. The molecule has 3 aromatic rings. The van der Waals surface area contributed by atoms with Crippen LogP contribution in [0, 0.1) is 11.7 Å². The Morgan fingerprint density at radius 1 is 1.27 bits per heavy atom. The first-order valence-corrected chi connectivity index (χ1v) is 12.2. The normalized spacial score (nSPS) is 15.9. The second kappa shape index (κ2) is 10.5. The summed E-state index contributed by atoms with van der Waals surface area (Å²) in [5.41, 5.74) is 1.75. The SMILES string of the molecule is CC(C)CNC(=O)c1ccc2c(=O)n(C[C@@H]3CCCO3)c(SCc3ccc(F)cc3)nc2c1. The minimum Gasteiger partial charge on any atom is -0.376 e. The number of carbonyl (C=O) groups is 1. The average Bonchev–Trinajstić information content (AvgIpc) is 3.32. The number of amides is 1. The van der Waals surface area contributed by atoms with Gasteiger partial charge in [0.2, 0.25) is 0 Å². The van der Waals surface area contributed by atoms with Crippen molar-refractivity contribution in [2.75, 3.05) is 13.2 Å². The summed E-state index contributed by atoms with van der Waals surface area (Å²) in [4.78, 5) is 30.7. The summed E-state index contributed by atoms with van der Waals surface area (Å²) in [6.07, 6.45) is 1.86. The monoisotopic (exact) mass is 469 g/mol. The van der Waals surface area contributed by atoms with Gasteiger partial charge in [-0.2, -0.15) is 0 Å². The minimum atomic E-state index is -0.286. The number of fused-ring (bicyclic) bond motifs is 1. The zero-order valence-electron chi connectivity index (χ0n) is 18.8. The van der Waals surface area contributed by atoms with E-state index in [4.69, 9.17) is 9.72 Å². The molecule has 0 unspecified atom stereocenters. The number of halogens is 1. The maximum absolute atomic E-state index is 13.4. The molecule has 2 aromatic carbocycles. The Kier molecular flexibility index (Phi) is 7.45. The van der Waals surface area contributed by atoms with E-state index in [0.717, 1.165) is 18.4 Å². The van der Waals surface area contributed by atoms with Crippen molar-refractivity contribution >= 4 is 28.6 Å². The molecule has 1 aromatic heterocycles. The van der Waals surface area contributed by atoms with Crippen LogP contribution in [0.3, 0.4) is 0 Å². The molecule has 2 heterocycles. The van der Waals surface area contributed by atoms with E-state index >= 15 is 0 Å². The van der Waals surface area contributed by atoms with Gasteiger partial charge in [0.1, 0.15) is 5.82 Å². The van der Waals surface area contributed by atoms with Crippen molar-refractivity contribution in [1.82, 2.24) is 14.9 Å². The molecule has 4 rings (SSSR count). The average molecular weight is 470 g/mol. The van der Waals surface area contributed by atoms with Crippen LogP contribution < -0.4 is 10.9 Å². The van der Waals surface area contributed by atoms with Crippen LogP contribution in [-0.4, -0.2) is 34.7 Å². The third-order valence-electron chi connectivity index (χ3n) is 5.54. The number of nitrogens with zero attached hydrogens (tertiary/aromatic N) is 2. The van der Waals surface area contributed by atoms with Gasteiger partial charge in [-0.3, -0.25) is 14.2 Å². The van der Waals surface area contributed by atoms with Gasteiger partial charge in [0.15, 0.2) is 5.16 Å². The maximum atomic E-state index is 13.4. The molecule has 0 bridgehead atoms. The van der Waals surface area contributed by atoms with Crippen LogP contribution in [0.25, 0.3) is 10.9 Å². The molecule has 8 heteroatoms. The van der Waals surface area contributed by atoms with Crippen molar-refractivity contribution in [3.8, 4) is 0 Å². The minimum absolute atomic E-state index is 0.0202. The molecule has 1 aliphatic rings. The van der Waals surface area contributed by atoms with E-state index < -0.39 is 0 Å². The van der Waals surface area contributed by atoms with E-state index in [1.165, 1.54) is 23.9 Å².